The van der Waals surface area contributed by atoms with Crippen molar-refractivity contribution in [1.82, 2.24) is 30.6 Å². The number of ether oxygens (including phenoxy) is 1. The molecule has 3 aromatic heterocycles. The van der Waals surface area contributed by atoms with Crippen molar-refractivity contribution < 1.29 is 17.9 Å². The van der Waals surface area contributed by atoms with Gasteiger partial charge >= 0.3 is 0 Å². The molecule has 4 heterocycles. The van der Waals surface area contributed by atoms with Crippen LogP contribution in [0.15, 0.2) is 41.8 Å². The van der Waals surface area contributed by atoms with Crippen molar-refractivity contribution in [3.63, 3.8) is 0 Å². The first-order chi connectivity index (χ1) is 17.9. The Kier molecular flexibility index (Phi) is 7.77. The molecule has 37 heavy (non-hydrogen) atoms. The third-order valence-corrected chi connectivity index (χ3v) is 9.77. The number of pyridine rings is 1. The maximum absolute atomic E-state index is 13.3. The van der Waals surface area contributed by atoms with Crippen molar-refractivity contribution in [3.05, 3.63) is 47.6 Å². The number of nitrogens with one attached hydrogen (secondary N) is 2. The number of sulfone groups is 1. The van der Waals surface area contributed by atoms with Crippen molar-refractivity contribution in [3.8, 4) is 16.5 Å². The molecule has 0 unspecified atom stereocenters. The highest BCUT2D eigenvalue weighted by atomic mass is 32.2. The summed E-state index contributed by atoms with van der Waals surface area (Å²) < 4.78 is 31.1. The molecule has 0 radical (unpaired) electrons. The molecule has 2 atom stereocenters. The lowest BCUT2D eigenvalue weighted by Crippen LogP contribution is -2.39. The molecular weight excluding hydrogens is 512 g/mol. The second-order valence-electron chi connectivity index (χ2n) is 9.27. The molecule has 3 aromatic rings. The molecule has 10 nitrogen and oxygen atoms in total. The van der Waals surface area contributed by atoms with Crippen LogP contribution < -0.4 is 15.4 Å². The third-order valence-electron chi connectivity index (χ3n) is 6.50. The Labute approximate surface area is 220 Å². The maximum atomic E-state index is 13.3. The largest absolute Gasteiger partial charge is 0.477 e. The molecule has 0 spiro atoms. The summed E-state index contributed by atoms with van der Waals surface area (Å²) in [7, 11) is -3.37. The van der Waals surface area contributed by atoms with Gasteiger partial charge in [0.25, 0.3) is 5.91 Å². The van der Waals surface area contributed by atoms with Crippen LogP contribution in [-0.4, -0.2) is 58.7 Å². The molecule has 1 saturated heterocycles. The van der Waals surface area contributed by atoms with E-state index in [1.807, 2.05) is 6.92 Å². The summed E-state index contributed by atoms with van der Waals surface area (Å²) in [6.07, 6.45) is 11.5. The van der Waals surface area contributed by atoms with E-state index >= 15 is 0 Å². The highest BCUT2D eigenvalue weighted by Gasteiger charge is 2.37. The number of hydrogen-bond acceptors (Lipinski definition) is 10. The van der Waals surface area contributed by atoms with E-state index in [1.165, 1.54) is 23.7 Å². The molecule has 1 aliphatic heterocycles. The molecule has 1 saturated carbocycles. The summed E-state index contributed by atoms with van der Waals surface area (Å²) in [6.45, 7) is 3.27. The van der Waals surface area contributed by atoms with Crippen molar-refractivity contribution in [2.24, 2.45) is 0 Å². The monoisotopic (exact) mass is 542 g/mol. The number of hydrogen-bond donors (Lipinski definition) is 2. The van der Waals surface area contributed by atoms with Crippen molar-refractivity contribution >= 4 is 27.1 Å². The Morgan fingerprint density at radius 1 is 1.22 bits per heavy atom. The van der Waals surface area contributed by atoms with Gasteiger partial charge in [0.15, 0.2) is 14.8 Å². The lowest BCUT2D eigenvalue weighted by atomic mass is 9.96. The zero-order chi connectivity index (χ0) is 25.8. The fourth-order valence-corrected chi connectivity index (χ4v) is 6.88. The first-order valence-corrected chi connectivity index (χ1v) is 15.0. The predicted octanol–water partition coefficient (Wildman–Crippen LogP) is 3.33. The lowest BCUT2D eigenvalue weighted by molar-refractivity contribution is 0.0929. The van der Waals surface area contributed by atoms with Gasteiger partial charge in [-0.15, -0.1) is 11.3 Å². The second-order valence-corrected chi connectivity index (χ2v) is 12.5. The minimum atomic E-state index is -3.37. The Morgan fingerprint density at radius 2 is 2.08 bits per heavy atom. The molecule has 2 fully saturated rings. The number of amides is 1. The average molecular weight is 543 g/mol. The topological polar surface area (TPSA) is 136 Å². The molecule has 2 aliphatic rings. The highest BCUT2D eigenvalue weighted by Crippen LogP contribution is 2.34. The van der Waals surface area contributed by atoms with E-state index in [4.69, 9.17) is 4.74 Å². The van der Waals surface area contributed by atoms with Crippen LogP contribution in [0.4, 0.5) is 0 Å². The molecule has 196 valence electrons. The molecular formula is C25H30N6O4S2. The van der Waals surface area contributed by atoms with Crippen LogP contribution in [-0.2, 0) is 9.84 Å². The summed E-state index contributed by atoms with van der Waals surface area (Å²) in [5.74, 6) is 0.0646. The van der Waals surface area contributed by atoms with Gasteiger partial charge in [-0.2, -0.15) is 0 Å². The SMILES string of the molecule is CCOc1cncc(-c2cnc(C(=O)N[C@@H](C[C@@H]3CCCCN3)c3cc(S(=O)(=O)C4CC4)ccn3)s2)n1. The van der Waals surface area contributed by atoms with E-state index in [0.717, 1.165) is 25.8 Å². The smallest absolute Gasteiger partial charge is 0.280 e. The summed E-state index contributed by atoms with van der Waals surface area (Å²) in [5.41, 5.74) is 1.11. The summed E-state index contributed by atoms with van der Waals surface area (Å²) in [6, 6.07) is 2.89. The summed E-state index contributed by atoms with van der Waals surface area (Å²) >= 11 is 1.21. The molecule has 1 aliphatic carbocycles. The van der Waals surface area contributed by atoms with Crippen molar-refractivity contribution in [2.75, 3.05) is 13.2 Å². The van der Waals surface area contributed by atoms with E-state index in [9.17, 15) is 13.2 Å². The lowest BCUT2D eigenvalue weighted by Gasteiger charge is -2.28. The molecule has 12 heteroatoms. The Hall–Kier alpha value is -2.96. The number of carbonyl (C=O) groups is 1. The molecule has 1 amide bonds. The second kappa shape index (κ2) is 11.2. The summed E-state index contributed by atoms with van der Waals surface area (Å²) in [5, 5.41) is 6.55. The van der Waals surface area contributed by atoms with Crippen LogP contribution in [0.25, 0.3) is 10.6 Å². The van der Waals surface area contributed by atoms with Gasteiger partial charge in [-0.3, -0.25) is 14.8 Å². The van der Waals surface area contributed by atoms with E-state index in [2.05, 4.69) is 30.6 Å². The van der Waals surface area contributed by atoms with Crippen LogP contribution in [0.3, 0.4) is 0 Å². The third kappa shape index (κ3) is 6.13. The van der Waals surface area contributed by atoms with Crippen LogP contribution >= 0.6 is 11.3 Å². The van der Waals surface area contributed by atoms with E-state index in [1.54, 1.807) is 24.5 Å². The highest BCUT2D eigenvalue weighted by molar-refractivity contribution is 7.92. The number of nitrogens with zero attached hydrogens (tertiary/aromatic N) is 4. The van der Waals surface area contributed by atoms with Gasteiger partial charge in [-0.05, 0) is 57.7 Å². The Balaban J connectivity index is 1.37. The van der Waals surface area contributed by atoms with E-state index < -0.39 is 15.9 Å². The number of aromatic nitrogens is 4. The minimum Gasteiger partial charge on any atom is -0.477 e. The van der Waals surface area contributed by atoms with Crippen LogP contribution in [0.5, 0.6) is 5.88 Å². The van der Waals surface area contributed by atoms with Crippen LogP contribution in [0, 0.1) is 0 Å². The quantitative estimate of drug-likeness (QED) is 0.395. The number of rotatable bonds is 10. The van der Waals surface area contributed by atoms with Gasteiger partial charge in [0.1, 0.15) is 5.69 Å². The minimum absolute atomic E-state index is 0.202. The van der Waals surface area contributed by atoms with Crippen molar-refractivity contribution in [1.29, 1.82) is 0 Å². The zero-order valence-electron chi connectivity index (χ0n) is 20.6. The maximum Gasteiger partial charge on any atom is 0.280 e. The Bertz CT molecular complexity index is 1350. The predicted molar refractivity (Wildman–Crippen MR) is 139 cm³/mol. The van der Waals surface area contributed by atoms with Gasteiger partial charge in [0, 0.05) is 18.4 Å². The van der Waals surface area contributed by atoms with Gasteiger partial charge in [0.2, 0.25) is 5.88 Å². The molecule has 0 bridgehead atoms. The number of carbonyl (C=O) groups excluding carboxylic acids is 1. The first kappa shape index (κ1) is 25.7. The van der Waals surface area contributed by atoms with Crippen molar-refractivity contribution in [2.45, 2.75) is 67.7 Å². The standard InChI is InChI=1S/C25H30N6O4S2/c1-2-35-23-15-26-13-21(30-23)22-14-29-25(36-22)24(32)31-20(11-16-5-3-4-9-27-16)19-12-18(8-10-28-19)37(33,34)17-6-7-17/h8,10,12-17,20,27H,2-7,9,11H2,1H3,(H,31,32)/t16-,20-/m0/s1. The molecule has 2 N–H and O–H groups in total. The summed E-state index contributed by atoms with van der Waals surface area (Å²) in [4.78, 5) is 31.6. The first-order valence-electron chi connectivity index (χ1n) is 12.6. The molecule has 5 rings (SSSR count). The van der Waals surface area contributed by atoms with E-state index in [-0.39, 0.29) is 27.1 Å². The normalized spacial score (nSPS) is 18.8. The zero-order valence-corrected chi connectivity index (χ0v) is 22.2. The number of piperidine rings is 1. The van der Waals surface area contributed by atoms with Crippen LogP contribution in [0.1, 0.15) is 67.0 Å². The fourth-order valence-electron chi connectivity index (χ4n) is 4.43. The Morgan fingerprint density at radius 3 is 2.84 bits per heavy atom. The van der Waals surface area contributed by atoms with Crippen LogP contribution in [0.2, 0.25) is 0 Å². The average Bonchev–Trinajstić information content (AvgIpc) is 3.67. The van der Waals surface area contributed by atoms with Gasteiger partial charge in [-0.25, -0.2) is 18.4 Å². The fraction of sp³-hybridized carbons (Fsp3) is 0.480. The van der Waals surface area contributed by atoms with E-state index in [0.29, 0.717) is 48.0 Å². The van der Waals surface area contributed by atoms with Gasteiger partial charge in [-0.1, -0.05) is 6.42 Å². The molecule has 0 aromatic carbocycles. The van der Waals surface area contributed by atoms with Gasteiger partial charge < -0.3 is 15.4 Å². The number of thiazole rings is 1. The van der Waals surface area contributed by atoms with Gasteiger partial charge in [0.05, 0.1) is 45.8 Å².